The van der Waals surface area contributed by atoms with E-state index in [1.54, 1.807) is 12.1 Å². The first-order chi connectivity index (χ1) is 7.97. The second kappa shape index (κ2) is 4.29. The minimum absolute atomic E-state index is 0.111. The molecule has 2 rings (SSSR count). The Labute approximate surface area is 99.3 Å². The van der Waals surface area contributed by atoms with Gasteiger partial charge in [-0.05, 0) is 29.8 Å². The van der Waals surface area contributed by atoms with Crippen LogP contribution in [0.4, 0.5) is 13.2 Å². The maximum absolute atomic E-state index is 12.5. The number of alkyl halides is 3. The molecule has 0 amide bonds. The lowest BCUT2D eigenvalue weighted by Crippen LogP contribution is -2.09. The molecule has 88 valence electrons. The predicted octanol–water partition coefficient (Wildman–Crippen LogP) is 3.21. The Balaban J connectivity index is 2.54. The molecular formula is C10H5ClF3N3. The van der Waals surface area contributed by atoms with E-state index in [0.29, 0.717) is 5.56 Å². The second-order valence-corrected chi connectivity index (χ2v) is 3.48. The monoisotopic (exact) mass is 259 g/mol. The highest BCUT2D eigenvalue weighted by molar-refractivity contribution is 6.28. The van der Waals surface area contributed by atoms with Crippen LogP contribution in [0.1, 0.15) is 5.69 Å². The maximum atomic E-state index is 12.5. The molecule has 2 aromatic heterocycles. The van der Waals surface area contributed by atoms with Gasteiger partial charge in [0.05, 0.1) is 5.69 Å². The fourth-order valence-corrected chi connectivity index (χ4v) is 1.42. The van der Waals surface area contributed by atoms with Crippen molar-refractivity contribution in [1.82, 2.24) is 15.0 Å². The van der Waals surface area contributed by atoms with Crippen molar-refractivity contribution in [3.8, 4) is 11.3 Å². The van der Waals surface area contributed by atoms with Crippen molar-refractivity contribution < 1.29 is 13.2 Å². The number of nitrogens with zero attached hydrogens (tertiary/aromatic N) is 3. The van der Waals surface area contributed by atoms with Crippen LogP contribution in [0.15, 0.2) is 30.6 Å². The average molecular weight is 260 g/mol. The normalized spacial score (nSPS) is 11.5. The fraction of sp³-hybridized carbons (Fsp3) is 0.100. The largest absolute Gasteiger partial charge is 0.433 e. The molecule has 0 saturated carbocycles. The van der Waals surface area contributed by atoms with Crippen molar-refractivity contribution in [2.24, 2.45) is 0 Å². The third-order valence-corrected chi connectivity index (χ3v) is 2.13. The highest BCUT2D eigenvalue weighted by atomic mass is 35.5. The zero-order valence-corrected chi connectivity index (χ0v) is 9.00. The molecule has 0 spiro atoms. The van der Waals surface area contributed by atoms with Crippen LogP contribution in [0.5, 0.6) is 0 Å². The first-order valence-electron chi connectivity index (χ1n) is 4.49. The van der Waals surface area contributed by atoms with Crippen molar-refractivity contribution in [1.29, 1.82) is 0 Å². The molecule has 0 N–H and O–H groups in total. The quantitative estimate of drug-likeness (QED) is 0.738. The summed E-state index contributed by atoms with van der Waals surface area (Å²) < 4.78 is 37.5. The van der Waals surface area contributed by atoms with Crippen LogP contribution in [0.3, 0.4) is 0 Å². The summed E-state index contributed by atoms with van der Waals surface area (Å²) in [7, 11) is 0. The molecule has 0 aliphatic heterocycles. The van der Waals surface area contributed by atoms with Gasteiger partial charge in [0.15, 0.2) is 0 Å². The summed E-state index contributed by atoms with van der Waals surface area (Å²) in [5, 5.41) is -0.438. The molecule has 2 heterocycles. The average Bonchev–Trinajstić information content (AvgIpc) is 2.28. The van der Waals surface area contributed by atoms with Crippen LogP contribution >= 0.6 is 11.6 Å². The number of halogens is 4. The zero-order chi connectivity index (χ0) is 12.5. The van der Waals surface area contributed by atoms with Crippen LogP contribution in [0, 0.1) is 0 Å². The minimum Gasteiger partial charge on any atom is -0.265 e. The van der Waals surface area contributed by atoms with Crippen LogP contribution in [0.2, 0.25) is 5.28 Å². The van der Waals surface area contributed by atoms with Crippen molar-refractivity contribution in [3.63, 3.8) is 0 Å². The Morgan fingerprint density at radius 2 is 1.71 bits per heavy atom. The predicted molar refractivity (Wildman–Crippen MR) is 55.3 cm³/mol. The lowest BCUT2D eigenvalue weighted by molar-refractivity contribution is -0.141. The summed E-state index contributed by atoms with van der Waals surface area (Å²) in [6.45, 7) is 0. The standard InChI is InChI=1S/C10H5ClF3N3/c11-9-16-7(6-1-3-15-4-2-6)5-8(17-9)10(12,13)14/h1-5H. The molecule has 0 radical (unpaired) electrons. The first-order valence-corrected chi connectivity index (χ1v) is 4.87. The number of aromatic nitrogens is 3. The van der Waals surface area contributed by atoms with Gasteiger partial charge in [-0.25, -0.2) is 9.97 Å². The first kappa shape index (κ1) is 11.8. The SMILES string of the molecule is FC(F)(F)c1cc(-c2ccncc2)nc(Cl)n1. The molecule has 0 saturated heterocycles. The Morgan fingerprint density at radius 1 is 1.06 bits per heavy atom. The molecule has 3 nitrogen and oxygen atoms in total. The molecule has 0 aliphatic carbocycles. The molecule has 7 heteroatoms. The Bertz CT molecular complexity index is 528. The highest BCUT2D eigenvalue weighted by Gasteiger charge is 2.33. The van der Waals surface area contributed by atoms with Crippen LogP contribution < -0.4 is 0 Å². The van der Waals surface area contributed by atoms with Crippen molar-refractivity contribution in [2.75, 3.05) is 0 Å². The zero-order valence-electron chi connectivity index (χ0n) is 8.24. The van der Waals surface area contributed by atoms with Gasteiger partial charge in [-0.2, -0.15) is 13.2 Å². The van der Waals surface area contributed by atoms with E-state index in [-0.39, 0.29) is 5.69 Å². The van der Waals surface area contributed by atoms with Gasteiger partial charge >= 0.3 is 6.18 Å². The van der Waals surface area contributed by atoms with Gasteiger partial charge < -0.3 is 0 Å². The van der Waals surface area contributed by atoms with Gasteiger partial charge in [0, 0.05) is 18.0 Å². The summed E-state index contributed by atoms with van der Waals surface area (Å²) in [6.07, 6.45) is -1.63. The molecule has 0 atom stereocenters. The Morgan fingerprint density at radius 3 is 2.29 bits per heavy atom. The van der Waals surface area contributed by atoms with E-state index in [4.69, 9.17) is 11.6 Å². The number of rotatable bonds is 1. The molecule has 17 heavy (non-hydrogen) atoms. The van der Waals surface area contributed by atoms with Gasteiger partial charge in [-0.15, -0.1) is 0 Å². The number of pyridine rings is 1. The van der Waals surface area contributed by atoms with Gasteiger partial charge in [0.1, 0.15) is 5.69 Å². The summed E-state index contributed by atoms with van der Waals surface area (Å²) >= 11 is 5.47. The molecule has 2 aromatic rings. The van der Waals surface area contributed by atoms with Gasteiger partial charge in [-0.1, -0.05) is 0 Å². The topological polar surface area (TPSA) is 38.7 Å². The van der Waals surface area contributed by atoms with Crippen LogP contribution in [-0.2, 0) is 6.18 Å². The summed E-state index contributed by atoms with van der Waals surface area (Å²) in [4.78, 5) is 10.7. The Hall–Kier alpha value is -1.69. The number of hydrogen-bond donors (Lipinski definition) is 0. The van der Waals surface area contributed by atoms with E-state index in [1.165, 1.54) is 12.4 Å². The maximum Gasteiger partial charge on any atom is 0.433 e. The van der Waals surface area contributed by atoms with E-state index in [9.17, 15) is 13.2 Å². The van der Waals surface area contributed by atoms with Gasteiger partial charge in [0.25, 0.3) is 0 Å². The molecule has 0 aliphatic rings. The van der Waals surface area contributed by atoms with E-state index < -0.39 is 17.2 Å². The van der Waals surface area contributed by atoms with Gasteiger partial charge in [-0.3, -0.25) is 4.98 Å². The van der Waals surface area contributed by atoms with Crippen molar-refractivity contribution in [2.45, 2.75) is 6.18 Å². The molecule has 0 aromatic carbocycles. The van der Waals surface area contributed by atoms with E-state index in [2.05, 4.69) is 15.0 Å². The smallest absolute Gasteiger partial charge is 0.265 e. The summed E-state index contributed by atoms with van der Waals surface area (Å²) in [5.74, 6) is 0. The van der Waals surface area contributed by atoms with Crippen LogP contribution in [-0.4, -0.2) is 15.0 Å². The molecule has 0 fully saturated rings. The summed E-state index contributed by atoms with van der Waals surface area (Å²) in [6, 6.07) is 3.93. The summed E-state index contributed by atoms with van der Waals surface area (Å²) in [5.41, 5.74) is -0.459. The van der Waals surface area contributed by atoms with Gasteiger partial charge in [0.2, 0.25) is 5.28 Å². The highest BCUT2D eigenvalue weighted by Crippen LogP contribution is 2.30. The van der Waals surface area contributed by atoms with E-state index in [1.807, 2.05) is 0 Å². The van der Waals surface area contributed by atoms with Crippen molar-refractivity contribution >= 4 is 11.6 Å². The number of hydrogen-bond acceptors (Lipinski definition) is 3. The minimum atomic E-state index is -4.55. The lowest BCUT2D eigenvalue weighted by Gasteiger charge is -2.07. The van der Waals surface area contributed by atoms with Crippen LogP contribution in [0.25, 0.3) is 11.3 Å². The van der Waals surface area contributed by atoms with Crippen molar-refractivity contribution in [3.05, 3.63) is 41.6 Å². The Kier molecular flexibility index (Phi) is 2.97. The lowest BCUT2D eigenvalue weighted by atomic mass is 10.2. The second-order valence-electron chi connectivity index (χ2n) is 3.14. The molecule has 0 unspecified atom stereocenters. The van der Waals surface area contributed by atoms with E-state index >= 15 is 0 Å². The molecular weight excluding hydrogens is 255 g/mol. The fourth-order valence-electron chi connectivity index (χ4n) is 1.23. The van der Waals surface area contributed by atoms with E-state index in [0.717, 1.165) is 6.07 Å². The molecule has 0 bridgehead atoms. The third kappa shape index (κ3) is 2.71. The third-order valence-electron chi connectivity index (χ3n) is 1.97.